The lowest BCUT2D eigenvalue weighted by Crippen LogP contribution is -2.04. The minimum absolute atomic E-state index is 0.186. The number of aromatic nitrogens is 3. The van der Waals surface area contributed by atoms with Gasteiger partial charge in [0.2, 0.25) is 0 Å². The third-order valence-corrected chi connectivity index (χ3v) is 2.95. The largest absolute Gasteiger partial charge is 0.508 e. The molecule has 0 fully saturated rings. The molecule has 1 heterocycles. The first kappa shape index (κ1) is 13.3. The van der Waals surface area contributed by atoms with Crippen LogP contribution in [0.1, 0.15) is 30.8 Å². The number of aromatic hydroxyl groups is 1. The van der Waals surface area contributed by atoms with Gasteiger partial charge in [-0.2, -0.15) is 4.98 Å². The molecule has 0 bridgehead atoms. The minimum atomic E-state index is 0.186. The molecule has 0 aliphatic heterocycles. The quantitative estimate of drug-likeness (QED) is 0.914. The monoisotopic (exact) mass is 259 g/mol. The maximum atomic E-state index is 9.62. The van der Waals surface area contributed by atoms with Gasteiger partial charge in [-0.1, -0.05) is 25.0 Å². The first-order valence-corrected chi connectivity index (χ1v) is 6.34. The maximum Gasteiger partial charge on any atom is 0.341 e. The second-order valence-electron chi connectivity index (χ2n) is 4.20. The smallest absolute Gasteiger partial charge is 0.341 e. The van der Waals surface area contributed by atoms with Crippen LogP contribution in [-0.4, -0.2) is 20.3 Å². The summed E-state index contributed by atoms with van der Waals surface area (Å²) >= 11 is 0. The average Bonchev–Trinajstić information content (AvgIpc) is 2.43. The molecule has 0 atom stereocenters. The fourth-order valence-corrected chi connectivity index (χ4v) is 1.78. The van der Waals surface area contributed by atoms with Crippen LogP contribution in [0.3, 0.4) is 0 Å². The summed E-state index contributed by atoms with van der Waals surface area (Å²) in [6.07, 6.45) is 1.59. The van der Waals surface area contributed by atoms with Crippen molar-refractivity contribution in [1.29, 1.82) is 0 Å². The lowest BCUT2D eigenvalue weighted by molar-refractivity contribution is 0.415. The summed E-state index contributed by atoms with van der Waals surface area (Å²) in [6, 6.07) is 5.30. The van der Waals surface area contributed by atoms with Crippen molar-refractivity contribution in [3.05, 3.63) is 35.2 Å². The predicted octanol–water partition coefficient (Wildman–Crippen LogP) is 2.80. The first-order valence-electron chi connectivity index (χ1n) is 6.34. The number of phenolic OH excluding ortho intramolecular Hbond substituents is 1. The van der Waals surface area contributed by atoms with E-state index in [4.69, 9.17) is 4.74 Å². The van der Waals surface area contributed by atoms with Crippen molar-refractivity contribution in [2.24, 2.45) is 0 Å². The van der Waals surface area contributed by atoms with Gasteiger partial charge in [0.05, 0.1) is 11.4 Å². The Morgan fingerprint density at radius 2 is 1.84 bits per heavy atom. The molecule has 0 aliphatic carbocycles. The number of ether oxygens (including phenoxy) is 1. The lowest BCUT2D eigenvalue weighted by atomic mass is 10.2. The minimum Gasteiger partial charge on any atom is -0.508 e. The molecule has 5 heteroatoms. The summed E-state index contributed by atoms with van der Waals surface area (Å²) < 4.78 is 5.59. The highest BCUT2D eigenvalue weighted by atomic mass is 16.5. The molecule has 0 aliphatic rings. The van der Waals surface area contributed by atoms with Crippen LogP contribution >= 0.6 is 0 Å². The first-order chi connectivity index (χ1) is 9.15. The number of hydrogen-bond donors (Lipinski definition) is 1. The SMILES string of the molecule is CCc1nnc(Oc2cccc(O)c2C)nc1CC. The Kier molecular flexibility index (Phi) is 3.94. The molecule has 0 radical (unpaired) electrons. The van der Waals surface area contributed by atoms with Crippen LogP contribution in [0, 0.1) is 6.92 Å². The fraction of sp³-hybridized carbons (Fsp3) is 0.357. The van der Waals surface area contributed by atoms with Gasteiger partial charge in [0, 0.05) is 5.56 Å². The molecule has 0 saturated heterocycles. The second kappa shape index (κ2) is 5.65. The number of nitrogens with zero attached hydrogens (tertiary/aromatic N) is 3. The van der Waals surface area contributed by atoms with E-state index in [2.05, 4.69) is 15.2 Å². The van der Waals surface area contributed by atoms with Gasteiger partial charge in [-0.3, -0.25) is 0 Å². The second-order valence-corrected chi connectivity index (χ2v) is 4.20. The lowest BCUT2D eigenvalue weighted by Gasteiger charge is -2.09. The van der Waals surface area contributed by atoms with E-state index in [9.17, 15) is 5.11 Å². The predicted molar refractivity (Wildman–Crippen MR) is 71.5 cm³/mol. The summed E-state index contributed by atoms with van der Waals surface area (Å²) in [5, 5.41) is 17.7. The molecule has 0 amide bonds. The van der Waals surface area contributed by atoms with Crippen molar-refractivity contribution in [3.8, 4) is 17.5 Å². The summed E-state index contributed by atoms with van der Waals surface area (Å²) in [4.78, 5) is 4.35. The molecule has 100 valence electrons. The van der Waals surface area contributed by atoms with Gasteiger partial charge in [-0.25, -0.2) is 0 Å². The Morgan fingerprint density at radius 3 is 2.53 bits per heavy atom. The van der Waals surface area contributed by atoms with Crippen molar-refractivity contribution < 1.29 is 9.84 Å². The number of aryl methyl sites for hydroxylation is 2. The Morgan fingerprint density at radius 1 is 1.11 bits per heavy atom. The van der Waals surface area contributed by atoms with Crippen LogP contribution in [0.2, 0.25) is 0 Å². The molecule has 1 aromatic heterocycles. The maximum absolute atomic E-state index is 9.62. The average molecular weight is 259 g/mol. The third-order valence-electron chi connectivity index (χ3n) is 2.95. The molecule has 1 aromatic carbocycles. The van der Waals surface area contributed by atoms with Gasteiger partial charge in [-0.15, -0.1) is 5.10 Å². The summed E-state index contributed by atoms with van der Waals surface area (Å²) in [5.41, 5.74) is 2.44. The molecule has 5 nitrogen and oxygen atoms in total. The van der Waals surface area contributed by atoms with Crippen LogP contribution in [-0.2, 0) is 12.8 Å². The summed E-state index contributed by atoms with van der Waals surface area (Å²) in [6.45, 7) is 5.82. The zero-order valence-electron chi connectivity index (χ0n) is 11.3. The van der Waals surface area contributed by atoms with Crippen LogP contribution in [0.5, 0.6) is 17.5 Å². The van der Waals surface area contributed by atoms with E-state index in [-0.39, 0.29) is 11.8 Å². The normalized spacial score (nSPS) is 10.5. The van der Waals surface area contributed by atoms with Crippen LogP contribution in [0.25, 0.3) is 0 Å². The van der Waals surface area contributed by atoms with Gasteiger partial charge < -0.3 is 9.84 Å². The summed E-state index contributed by atoms with van der Waals surface area (Å²) in [5.74, 6) is 0.722. The Balaban J connectivity index is 2.31. The van der Waals surface area contributed by atoms with Crippen LogP contribution in [0.4, 0.5) is 0 Å². The van der Waals surface area contributed by atoms with Gasteiger partial charge >= 0.3 is 6.01 Å². The highest BCUT2D eigenvalue weighted by molar-refractivity contribution is 5.43. The van der Waals surface area contributed by atoms with Crippen molar-refractivity contribution in [2.75, 3.05) is 0 Å². The van der Waals surface area contributed by atoms with Crippen LogP contribution < -0.4 is 4.74 Å². The number of rotatable bonds is 4. The van der Waals surface area contributed by atoms with Crippen molar-refractivity contribution in [3.63, 3.8) is 0 Å². The molecule has 1 N–H and O–H groups in total. The number of benzene rings is 1. The van der Waals surface area contributed by atoms with E-state index in [1.54, 1.807) is 25.1 Å². The van der Waals surface area contributed by atoms with E-state index in [1.807, 2.05) is 13.8 Å². The molecular formula is C14H17N3O2. The van der Waals surface area contributed by atoms with E-state index >= 15 is 0 Å². The van der Waals surface area contributed by atoms with Crippen molar-refractivity contribution in [2.45, 2.75) is 33.6 Å². The van der Waals surface area contributed by atoms with Gasteiger partial charge in [0.1, 0.15) is 11.5 Å². The Hall–Kier alpha value is -2.17. The molecule has 2 aromatic rings. The Labute approximate surface area is 112 Å². The van der Waals surface area contributed by atoms with E-state index < -0.39 is 0 Å². The molecule has 19 heavy (non-hydrogen) atoms. The van der Waals surface area contributed by atoms with E-state index in [0.717, 1.165) is 24.2 Å². The van der Waals surface area contributed by atoms with E-state index in [0.29, 0.717) is 11.3 Å². The summed E-state index contributed by atoms with van der Waals surface area (Å²) in [7, 11) is 0. The molecular weight excluding hydrogens is 242 g/mol. The van der Waals surface area contributed by atoms with Crippen molar-refractivity contribution in [1.82, 2.24) is 15.2 Å². The zero-order valence-corrected chi connectivity index (χ0v) is 11.3. The van der Waals surface area contributed by atoms with E-state index in [1.165, 1.54) is 0 Å². The highest BCUT2D eigenvalue weighted by Crippen LogP contribution is 2.28. The molecule has 0 saturated carbocycles. The van der Waals surface area contributed by atoms with Crippen LogP contribution in [0.15, 0.2) is 18.2 Å². The Bertz CT molecular complexity index is 585. The van der Waals surface area contributed by atoms with Gasteiger partial charge in [0.15, 0.2) is 0 Å². The number of hydrogen-bond acceptors (Lipinski definition) is 5. The van der Waals surface area contributed by atoms with Gasteiger partial charge in [0.25, 0.3) is 0 Å². The molecule has 0 unspecified atom stereocenters. The van der Waals surface area contributed by atoms with Crippen molar-refractivity contribution >= 4 is 0 Å². The zero-order chi connectivity index (χ0) is 13.8. The van der Waals surface area contributed by atoms with Gasteiger partial charge in [-0.05, 0) is 31.9 Å². The molecule has 2 rings (SSSR count). The molecule has 0 spiro atoms. The highest BCUT2D eigenvalue weighted by Gasteiger charge is 2.10. The topological polar surface area (TPSA) is 68.1 Å². The standard InChI is InChI=1S/C14H17N3O2/c1-4-10-11(5-2)16-17-14(15-10)19-13-8-6-7-12(18)9(13)3/h6-8,18H,4-5H2,1-3H3. The number of phenols is 1. The fourth-order valence-electron chi connectivity index (χ4n) is 1.78. The third kappa shape index (κ3) is 2.81.